The molecule has 1 aliphatic heterocycles. The van der Waals surface area contributed by atoms with Crippen LogP contribution in [0.25, 0.3) is 0 Å². The van der Waals surface area contributed by atoms with Crippen LogP contribution >= 0.6 is 0 Å². The Morgan fingerprint density at radius 1 is 1.19 bits per heavy atom. The Bertz CT molecular complexity index is 268. The molecule has 0 radical (unpaired) electrons. The summed E-state index contributed by atoms with van der Waals surface area (Å²) in [6.07, 6.45) is -4.30. The fraction of sp³-hybridized carbons (Fsp3) is 1.00. The fourth-order valence-electron chi connectivity index (χ4n) is 3.15. The van der Waals surface area contributed by atoms with Crippen molar-refractivity contribution in [2.75, 3.05) is 0 Å². The van der Waals surface area contributed by atoms with Crippen molar-refractivity contribution in [3.05, 3.63) is 0 Å². The molecule has 0 aromatic carbocycles. The average Bonchev–Trinajstić information content (AvgIpc) is 2.41. The van der Waals surface area contributed by atoms with Crippen LogP contribution in [0.1, 0.15) is 26.7 Å². The first kappa shape index (κ1) is 12.2. The van der Waals surface area contributed by atoms with E-state index in [9.17, 15) is 13.2 Å². The number of nitrogens with two attached hydrogens (primary N) is 1. The Balaban J connectivity index is 2.12. The Morgan fingerprint density at radius 2 is 1.81 bits per heavy atom. The van der Waals surface area contributed by atoms with E-state index in [-0.39, 0.29) is 42.9 Å². The molecule has 0 spiro atoms. The molecule has 16 heavy (non-hydrogen) atoms. The van der Waals surface area contributed by atoms with Crippen LogP contribution in [-0.2, 0) is 4.74 Å². The van der Waals surface area contributed by atoms with Crippen LogP contribution in [0, 0.1) is 17.8 Å². The van der Waals surface area contributed by atoms with Crippen molar-refractivity contribution in [1.82, 2.24) is 0 Å². The molecule has 0 aromatic rings. The van der Waals surface area contributed by atoms with Crippen LogP contribution in [0.2, 0.25) is 0 Å². The smallest absolute Gasteiger partial charge is 0.375 e. The molecule has 1 heterocycles. The summed E-state index contributed by atoms with van der Waals surface area (Å²) in [6.45, 7) is 3.93. The second-order valence-electron chi connectivity index (χ2n) is 5.19. The van der Waals surface area contributed by atoms with Gasteiger partial charge in [0.05, 0.1) is 18.1 Å². The van der Waals surface area contributed by atoms with Crippen LogP contribution in [0.5, 0.6) is 0 Å². The summed E-state index contributed by atoms with van der Waals surface area (Å²) in [7, 11) is 0. The zero-order valence-electron chi connectivity index (χ0n) is 9.50. The third kappa shape index (κ3) is 1.95. The predicted molar refractivity (Wildman–Crippen MR) is 53.7 cm³/mol. The summed E-state index contributed by atoms with van der Waals surface area (Å²) in [6, 6.07) is -0.384. The minimum Gasteiger partial charge on any atom is -0.375 e. The summed E-state index contributed by atoms with van der Waals surface area (Å²) in [5.74, 6) is -0.941. The van der Waals surface area contributed by atoms with Crippen molar-refractivity contribution >= 4 is 0 Å². The van der Waals surface area contributed by atoms with Gasteiger partial charge in [0.25, 0.3) is 0 Å². The molecular formula is C11H18F3NO. The van der Waals surface area contributed by atoms with Crippen LogP contribution < -0.4 is 5.73 Å². The quantitative estimate of drug-likeness (QED) is 0.701. The Kier molecular flexibility index (Phi) is 2.95. The highest BCUT2D eigenvalue weighted by Gasteiger charge is 2.53. The number of ether oxygens (including phenoxy) is 1. The first-order valence-electron chi connectivity index (χ1n) is 5.78. The molecule has 0 aromatic heterocycles. The van der Waals surface area contributed by atoms with Gasteiger partial charge in [-0.25, -0.2) is 0 Å². The fourth-order valence-corrected chi connectivity index (χ4v) is 3.15. The summed E-state index contributed by atoms with van der Waals surface area (Å²) >= 11 is 0. The van der Waals surface area contributed by atoms with E-state index in [1.165, 1.54) is 0 Å². The van der Waals surface area contributed by atoms with Gasteiger partial charge < -0.3 is 10.5 Å². The molecule has 2 aliphatic rings. The van der Waals surface area contributed by atoms with Gasteiger partial charge in [0.2, 0.25) is 0 Å². The number of hydrogen-bond donors (Lipinski definition) is 1. The lowest BCUT2D eigenvalue weighted by atomic mass is 9.72. The zero-order valence-corrected chi connectivity index (χ0v) is 9.50. The molecule has 2 fully saturated rings. The average molecular weight is 237 g/mol. The summed E-state index contributed by atoms with van der Waals surface area (Å²) in [4.78, 5) is 0. The van der Waals surface area contributed by atoms with Gasteiger partial charge in [-0.05, 0) is 25.7 Å². The summed E-state index contributed by atoms with van der Waals surface area (Å²) in [5.41, 5.74) is 5.88. The molecule has 0 bridgehead atoms. The van der Waals surface area contributed by atoms with Gasteiger partial charge in [0, 0.05) is 12.0 Å². The number of rotatable bonds is 0. The second-order valence-corrected chi connectivity index (χ2v) is 5.19. The van der Waals surface area contributed by atoms with Crippen molar-refractivity contribution in [3.63, 3.8) is 0 Å². The van der Waals surface area contributed by atoms with Crippen molar-refractivity contribution in [2.45, 2.75) is 51.1 Å². The zero-order chi connectivity index (χ0) is 12.1. The lowest BCUT2D eigenvalue weighted by Crippen LogP contribution is -2.48. The van der Waals surface area contributed by atoms with Crippen LogP contribution in [0.3, 0.4) is 0 Å². The number of halogens is 3. The summed E-state index contributed by atoms with van der Waals surface area (Å²) < 4.78 is 43.6. The summed E-state index contributed by atoms with van der Waals surface area (Å²) in [5, 5.41) is 0. The SMILES string of the molecule is C[C@@H]1[C@H]2[C@@H](N)C[C@@H](C(F)(F)F)C[C@H]2O[C@H]1C. The van der Waals surface area contributed by atoms with Crippen molar-refractivity contribution in [1.29, 1.82) is 0 Å². The van der Waals surface area contributed by atoms with Gasteiger partial charge in [-0.3, -0.25) is 0 Å². The first-order chi connectivity index (χ1) is 7.30. The van der Waals surface area contributed by atoms with E-state index >= 15 is 0 Å². The van der Waals surface area contributed by atoms with Crippen molar-refractivity contribution < 1.29 is 17.9 Å². The van der Waals surface area contributed by atoms with Crippen LogP contribution in [0.15, 0.2) is 0 Å². The van der Waals surface area contributed by atoms with Gasteiger partial charge >= 0.3 is 6.18 Å². The normalized spacial score (nSPS) is 49.1. The van der Waals surface area contributed by atoms with Gasteiger partial charge in [0.1, 0.15) is 0 Å². The third-order valence-corrected chi connectivity index (χ3v) is 4.20. The van der Waals surface area contributed by atoms with E-state index in [1.807, 2.05) is 13.8 Å². The van der Waals surface area contributed by atoms with Crippen molar-refractivity contribution in [2.24, 2.45) is 23.5 Å². The largest absolute Gasteiger partial charge is 0.391 e. The second kappa shape index (κ2) is 3.88. The maximum Gasteiger partial charge on any atom is 0.391 e. The lowest BCUT2D eigenvalue weighted by molar-refractivity contribution is -0.195. The molecule has 1 aliphatic carbocycles. The van der Waals surface area contributed by atoms with Gasteiger partial charge in [-0.1, -0.05) is 6.92 Å². The minimum atomic E-state index is -4.14. The van der Waals surface area contributed by atoms with Crippen LogP contribution in [0.4, 0.5) is 13.2 Å². The minimum absolute atomic E-state index is 0.0213. The first-order valence-corrected chi connectivity index (χ1v) is 5.78. The molecule has 6 atom stereocenters. The van der Waals surface area contributed by atoms with Gasteiger partial charge in [0.15, 0.2) is 0 Å². The predicted octanol–water partition coefficient (Wildman–Crippen LogP) is 2.33. The molecule has 2 rings (SSSR count). The van der Waals surface area contributed by atoms with Gasteiger partial charge in [-0.2, -0.15) is 13.2 Å². The highest BCUT2D eigenvalue weighted by Crippen LogP contribution is 2.46. The Morgan fingerprint density at radius 3 is 2.38 bits per heavy atom. The molecular weight excluding hydrogens is 219 g/mol. The lowest BCUT2D eigenvalue weighted by Gasteiger charge is -2.37. The standard InChI is InChI=1S/C11H18F3NO/c1-5-6(2)16-9-4-7(11(12,13)14)3-8(15)10(5)9/h5-10H,3-4,15H2,1-2H3/t5-,6-,7+,8-,9+,10-/m0/s1. The maximum atomic E-state index is 12.7. The van der Waals surface area contributed by atoms with E-state index in [0.29, 0.717) is 0 Å². The molecule has 1 saturated carbocycles. The molecule has 2 nitrogen and oxygen atoms in total. The highest BCUT2D eigenvalue weighted by molar-refractivity contribution is 4.98. The van der Waals surface area contributed by atoms with E-state index in [0.717, 1.165) is 0 Å². The number of alkyl halides is 3. The number of hydrogen-bond acceptors (Lipinski definition) is 2. The molecule has 2 N–H and O–H groups in total. The molecule has 0 amide bonds. The van der Waals surface area contributed by atoms with E-state index in [4.69, 9.17) is 10.5 Å². The van der Waals surface area contributed by atoms with E-state index in [1.54, 1.807) is 0 Å². The van der Waals surface area contributed by atoms with Crippen molar-refractivity contribution in [3.8, 4) is 0 Å². The molecule has 94 valence electrons. The van der Waals surface area contributed by atoms with Gasteiger partial charge in [-0.15, -0.1) is 0 Å². The number of fused-ring (bicyclic) bond motifs is 1. The van der Waals surface area contributed by atoms with E-state index in [2.05, 4.69) is 0 Å². The maximum absolute atomic E-state index is 12.7. The Hall–Kier alpha value is -0.290. The highest BCUT2D eigenvalue weighted by atomic mass is 19.4. The Labute approximate surface area is 93.3 Å². The molecule has 5 heteroatoms. The monoisotopic (exact) mass is 237 g/mol. The third-order valence-electron chi connectivity index (χ3n) is 4.20. The molecule has 1 saturated heterocycles. The molecule has 0 unspecified atom stereocenters. The van der Waals surface area contributed by atoms with E-state index < -0.39 is 12.1 Å². The topological polar surface area (TPSA) is 35.2 Å². The van der Waals surface area contributed by atoms with Crippen LogP contribution in [-0.4, -0.2) is 24.4 Å².